The summed E-state index contributed by atoms with van der Waals surface area (Å²) in [6.45, 7) is 5.89. The van der Waals surface area contributed by atoms with Gasteiger partial charge in [-0.25, -0.2) is 0 Å². The van der Waals surface area contributed by atoms with E-state index in [1.807, 2.05) is 12.3 Å². The molecule has 0 spiro atoms. The number of hydrogen-bond acceptors (Lipinski definition) is 3. The van der Waals surface area contributed by atoms with Crippen LogP contribution in [0.4, 0.5) is 11.4 Å². The fourth-order valence-corrected chi connectivity index (χ4v) is 4.96. The van der Waals surface area contributed by atoms with Crippen molar-refractivity contribution in [3.8, 4) is 0 Å². The van der Waals surface area contributed by atoms with Crippen LogP contribution >= 0.6 is 0 Å². The van der Waals surface area contributed by atoms with Crippen molar-refractivity contribution >= 4 is 22.3 Å². The van der Waals surface area contributed by atoms with Crippen molar-refractivity contribution in [2.24, 2.45) is 0 Å². The van der Waals surface area contributed by atoms with Crippen LogP contribution in [0.3, 0.4) is 0 Å². The molecule has 2 aromatic carbocycles. The molecule has 0 amide bonds. The highest BCUT2D eigenvalue weighted by molar-refractivity contribution is 5.91. The smallest absolute Gasteiger partial charge is 0.0672 e. The highest BCUT2D eigenvalue weighted by Gasteiger charge is 2.40. The van der Waals surface area contributed by atoms with Gasteiger partial charge in [-0.1, -0.05) is 49.2 Å². The lowest BCUT2D eigenvalue weighted by molar-refractivity contribution is 0.338. The summed E-state index contributed by atoms with van der Waals surface area (Å²) in [6, 6.07) is 16.6. The van der Waals surface area contributed by atoms with Crippen molar-refractivity contribution in [3.05, 3.63) is 66.9 Å². The van der Waals surface area contributed by atoms with Gasteiger partial charge in [-0.15, -0.1) is 6.58 Å². The van der Waals surface area contributed by atoms with Gasteiger partial charge >= 0.3 is 0 Å². The van der Waals surface area contributed by atoms with Crippen LogP contribution in [-0.4, -0.2) is 28.8 Å². The topological polar surface area (TPSA) is 35.2 Å². The maximum Gasteiger partial charge on any atom is 0.0672 e. The highest BCUT2D eigenvalue weighted by Crippen LogP contribution is 2.45. The Morgan fingerprint density at radius 2 is 1.78 bits per heavy atom. The Balaban J connectivity index is 1.66. The second kappa shape index (κ2) is 6.76. The number of benzene rings is 2. The number of aromatic amines is 1. The van der Waals surface area contributed by atoms with E-state index in [0.717, 1.165) is 18.6 Å². The van der Waals surface area contributed by atoms with Crippen LogP contribution in [-0.2, 0) is 6.54 Å². The van der Waals surface area contributed by atoms with Gasteiger partial charge in [0.2, 0.25) is 0 Å². The van der Waals surface area contributed by atoms with Gasteiger partial charge in [0, 0.05) is 30.6 Å². The van der Waals surface area contributed by atoms with E-state index in [2.05, 4.69) is 69.0 Å². The van der Waals surface area contributed by atoms with Gasteiger partial charge in [0.15, 0.2) is 0 Å². The molecule has 0 unspecified atom stereocenters. The third-order valence-corrected chi connectivity index (χ3v) is 6.17. The molecule has 3 aromatic rings. The summed E-state index contributed by atoms with van der Waals surface area (Å²) in [5.41, 5.74) is 5.12. The zero-order valence-electron chi connectivity index (χ0n) is 15.6. The Morgan fingerprint density at radius 3 is 2.56 bits per heavy atom. The number of fused-ring (bicyclic) bond motifs is 3. The van der Waals surface area contributed by atoms with E-state index in [-0.39, 0.29) is 0 Å². The van der Waals surface area contributed by atoms with Crippen molar-refractivity contribution in [2.45, 2.75) is 44.3 Å². The third kappa shape index (κ3) is 2.80. The molecule has 2 aliphatic rings. The number of H-pyrrole nitrogens is 1. The summed E-state index contributed by atoms with van der Waals surface area (Å²) < 4.78 is 0. The maximum atomic E-state index is 4.26. The summed E-state index contributed by atoms with van der Waals surface area (Å²) in [5.74, 6) is 0. The van der Waals surface area contributed by atoms with Crippen molar-refractivity contribution in [1.29, 1.82) is 0 Å². The first-order chi connectivity index (χ1) is 13.3. The Bertz CT molecular complexity index is 945. The summed E-state index contributed by atoms with van der Waals surface area (Å²) in [4.78, 5) is 5.23. The van der Waals surface area contributed by atoms with Crippen LogP contribution < -0.4 is 9.80 Å². The summed E-state index contributed by atoms with van der Waals surface area (Å²) in [7, 11) is 0. The van der Waals surface area contributed by atoms with E-state index in [0.29, 0.717) is 12.1 Å². The first kappa shape index (κ1) is 16.4. The lowest BCUT2D eigenvalue weighted by Crippen LogP contribution is -2.57. The molecule has 0 bridgehead atoms. The molecule has 1 N–H and O–H groups in total. The predicted octanol–water partition coefficient (Wildman–Crippen LogP) is 4.89. The molecule has 4 heteroatoms. The van der Waals surface area contributed by atoms with E-state index in [9.17, 15) is 0 Å². The average molecular weight is 358 g/mol. The van der Waals surface area contributed by atoms with E-state index < -0.39 is 0 Å². The number of nitrogens with zero attached hydrogens (tertiary/aromatic N) is 3. The highest BCUT2D eigenvalue weighted by atomic mass is 15.3. The van der Waals surface area contributed by atoms with E-state index in [4.69, 9.17) is 0 Å². The molecular formula is C23H26N4. The van der Waals surface area contributed by atoms with Gasteiger partial charge in [-0.05, 0) is 30.5 Å². The van der Waals surface area contributed by atoms with Crippen LogP contribution in [0.2, 0.25) is 0 Å². The fraction of sp³-hybridized carbons (Fsp3) is 0.348. The van der Waals surface area contributed by atoms with Crippen LogP contribution in [0.1, 0.15) is 31.2 Å². The quantitative estimate of drug-likeness (QED) is 0.675. The third-order valence-electron chi connectivity index (χ3n) is 6.17. The molecule has 0 radical (unpaired) electrons. The molecule has 27 heavy (non-hydrogen) atoms. The summed E-state index contributed by atoms with van der Waals surface area (Å²) in [5, 5.41) is 8.60. The Morgan fingerprint density at radius 1 is 1.04 bits per heavy atom. The minimum absolute atomic E-state index is 0.548. The van der Waals surface area contributed by atoms with Gasteiger partial charge in [0.05, 0.1) is 23.1 Å². The molecule has 2 heterocycles. The van der Waals surface area contributed by atoms with Crippen LogP contribution in [0.25, 0.3) is 10.9 Å². The average Bonchev–Trinajstić information content (AvgIpc) is 3.17. The van der Waals surface area contributed by atoms with Gasteiger partial charge in [0.1, 0.15) is 0 Å². The molecule has 1 aromatic heterocycles. The second-order valence-electron chi connectivity index (χ2n) is 7.77. The number of anilines is 2. The molecule has 1 aliphatic carbocycles. The predicted molar refractivity (Wildman–Crippen MR) is 112 cm³/mol. The molecule has 2 atom stereocenters. The van der Waals surface area contributed by atoms with Gasteiger partial charge in [-0.2, -0.15) is 5.10 Å². The van der Waals surface area contributed by atoms with Crippen LogP contribution in [0, 0.1) is 0 Å². The summed E-state index contributed by atoms with van der Waals surface area (Å²) in [6.07, 6.45) is 9.11. The van der Waals surface area contributed by atoms with Crippen LogP contribution in [0.5, 0.6) is 0 Å². The van der Waals surface area contributed by atoms with E-state index in [1.165, 1.54) is 48.0 Å². The van der Waals surface area contributed by atoms with Gasteiger partial charge in [0.25, 0.3) is 0 Å². The van der Waals surface area contributed by atoms with Gasteiger partial charge < -0.3 is 9.80 Å². The molecule has 5 rings (SSSR count). The standard InChI is InChI=1S/C23H26N4/c1-2-12-26-20-10-6-7-11-21(20)27(16-17-8-4-3-5-9-17)23-14-19-18(13-22(23)26)15-24-25-19/h2-5,8-9,13-15,20-21H,1,6-7,10-12,16H2,(H,24,25)/t20-,21+/m0/s1. The largest absolute Gasteiger partial charge is 0.361 e. The molecule has 0 saturated heterocycles. The molecule has 1 fully saturated rings. The molecule has 4 nitrogen and oxygen atoms in total. The SMILES string of the molecule is C=CCN1c2cc3cn[nH]c3cc2N(Cc2ccccc2)[C@@H]2CCCC[C@@H]21. The van der Waals surface area contributed by atoms with Crippen molar-refractivity contribution in [1.82, 2.24) is 10.2 Å². The van der Waals surface area contributed by atoms with E-state index >= 15 is 0 Å². The zero-order valence-corrected chi connectivity index (χ0v) is 15.6. The maximum absolute atomic E-state index is 4.26. The summed E-state index contributed by atoms with van der Waals surface area (Å²) >= 11 is 0. The number of hydrogen-bond donors (Lipinski definition) is 1. The Hall–Kier alpha value is -2.75. The van der Waals surface area contributed by atoms with Gasteiger partial charge in [-0.3, -0.25) is 5.10 Å². The van der Waals surface area contributed by atoms with Crippen molar-refractivity contribution < 1.29 is 0 Å². The second-order valence-corrected chi connectivity index (χ2v) is 7.77. The fourth-order valence-electron chi connectivity index (χ4n) is 4.96. The lowest BCUT2D eigenvalue weighted by Gasteiger charge is -2.52. The molecule has 1 aliphatic heterocycles. The first-order valence-corrected chi connectivity index (χ1v) is 10.0. The number of nitrogens with one attached hydrogen (secondary N) is 1. The molecular weight excluding hydrogens is 332 g/mol. The molecule has 138 valence electrons. The Labute approximate surface area is 160 Å². The van der Waals surface area contributed by atoms with Crippen molar-refractivity contribution in [2.75, 3.05) is 16.3 Å². The number of rotatable bonds is 4. The minimum atomic E-state index is 0.548. The Kier molecular flexibility index (Phi) is 4.12. The zero-order chi connectivity index (χ0) is 18.2. The monoisotopic (exact) mass is 358 g/mol. The number of aromatic nitrogens is 2. The molecule has 1 saturated carbocycles. The lowest BCUT2D eigenvalue weighted by atomic mass is 9.84. The van der Waals surface area contributed by atoms with E-state index in [1.54, 1.807) is 0 Å². The normalized spacial score (nSPS) is 21.8. The van der Waals surface area contributed by atoms with Crippen molar-refractivity contribution in [3.63, 3.8) is 0 Å². The first-order valence-electron chi connectivity index (χ1n) is 10.0. The van der Waals surface area contributed by atoms with Crippen LogP contribution in [0.15, 0.2) is 61.3 Å². The minimum Gasteiger partial charge on any atom is -0.361 e.